The number of carbonyl (C=O) groups excluding carboxylic acids is 1. The van der Waals surface area contributed by atoms with Gasteiger partial charge in [0.1, 0.15) is 16.4 Å². The highest BCUT2D eigenvalue weighted by atomic mass is 35.5. The van der Waals surface area contributed by atoms with Crippen LogP contribution >= 0.6 is 12.4 Å². The van der Waals surface area contributed by atoms with E-state index >= 15 is 0 Å². The third-order valence-corrected chi connectivity index (χ3v) is 6.98. The molecule has 1 aromatic carbocycles. The van der Waals surface area contributed by atoms with Crippen molar-refractivity contribution in [3.05, 3.63) is 18.2 Å². The third kappa shape index (κ3) is 6.92. The fraction of sp³-hybridized carbons (Fsp3) is 0.650. The number of amides is 2. The van der Waals surface area contributed by atoms with Crippen LogP contribution in [0, 0.1) is 0 Å². The quantitative estimate of drug-likeness (QED) is 0.605. The van der Waals surface area contributed by atoms with Gasteiger partial charge >= 0.3 is 6.03 Å². The van der Waals surface area contributed by atoms with Gasteiger partial charge in [-0.05, 0) is 52.9 Å². The standard InChI is InChI=1S/C20H33N3O5S.ClH/c1-5-27-16-9-10-19(18(14-16)28-6-2)29(25,26)17-8-7-12-23(15-17)20(24)21-11-13-22(3)4;/h9-10,14,17H,5-8,11-13,15H2,1-4H3,(H,21,24);1H. The zero-order chi connectivity index (χ0) is 21.4. The summed E-state index contributed by atoms with van der Waals surface area (Å²) in [4.78, 5) is 16.2. The number of likely N-dealkylation sites (tertiary alicyclic amines) is 1. The predicted octanol–water partition coefficient (Wildman–Crippen LogP) is 2.42. The van der Waals surface area contributed by atoms with Gasteiger partial charge in [0.05, 0.1) is 18.5 Å². The second-order valence-electron chi connectivity index (χ2n) is 7.27. The minimum absolute atomic E-state index is 0. The molecule has 1 aromatic rings. The van der Waals surface area contributed by atoms with Crippen molar-refractivity contribution in [2.45, 2.75) is 36.8 Å². The lowest BCUT2D eigenvalue weighted by Gasteiger charge is -2.33. The fourth-order valence-electron chi connectivity index (χ4n) is 3.30. The second-order valence-corrected chi connectivity index (χ2v) is 9.46. The first-order valence-corrected chi connectivity index (χ1v) is 11.6. The van der Waals surface area contributed by atoms with E-state index in [-0.39, 0.29) is 29.9 Å². The normalized spacial score (nSPS) is 16.7. The molecule has 0 spiro atoms. The number of nitrogens with zero attached hydrogens (tertiary/aromatic N) is 2. The zero-order valence-corrected chi connectivity index (χ0v) is 19.9. The number of likely N-dealkylation sites (N-methyl/N-ethyl adjacent to an activating group) is 1. The minimum atomic E-state index is -3.66. The van der Waals surface area contributed by atoms with E-state index in [1.165, 1.54) is 0 Å². The third-order valence-electron chi connectivity index (χ3n) is 4.77. The number of ether oxygens (including phenoxy) is 2. The Balaban J connectivity index is 0.00000450. The molecule has 1 atom stereocenters. The van der Waals surface area contributed by atoms with Crippen LogP contribution in [0.4, 0.5) is 4.79 Å². The van der Waals surface area contributed by atoms with E-state index in [1.54, 1.807) is 23.1 Å². The molecule has 0 aromatic heterocycles. The molecule has 1 saturated heterocycles. The average molecular weight is 464 g/mol. The molecule has 0 aliphatic carbocycles. The molecule has 30 heavy (non-hydrogen) atoms. The molecule has 2 amide bonds. The smallest absolute Gasteiger partial charge is 0.317 e. The van der Waals surface area contributed by atoms with Crippen molar-refractivity contribution >= 4 is 28.3 Å². The lowest BCUT2D eigenvalue weighted by molar-refractivity contribution is 0.186. The lowest BCUT2D eigenvalue weighted by atomic mass is 10.1. The van der Waals surface area contributed by atoms with Crippen LogP contribution in [0.15, 0.2) is 23.1 Å². The van der Waals surface area contributed by atoms with Crippen molar-refractivity contribution in [2.75, 3.05) is 53.5 Å². The van der Waals surface area contributed by atoms with Gasteiger partial charge in [-0.1, -0.05) is 0 Å². The molecule has 1 N–H and O–H groups in total. The average Bonchev–Trinajstić information content (AvgIpc) is 2.68. The van der Waals surface area contributed by atoms with Crippen LogP contribution in [0.25, 0.3) is 0 Å². The highest BCUT2D eigenvalue weighted by Gasteiger charge is 2.35. The fourth-order valence-corrected chi connectivity index (χ4v) is 5.17. The van der Waals surface area contributed by atoms with Crippen molar-refractivity contribution in [3.63, 3.8) is 0 Å². The Kier molecular flexibility index (Phi) is 10.7. The first-order valence-electron chi connectivity index (χ1n) is 10.1. The predicted molar refractivity (Wildman–Crippen MR) is 120 cm³/mol. The molecule has 1 heterocycles. The molecular weight excluding hydrogens is 430 g/mol. The maximum atomic E-state index is 13.3. The van der Waals surface area contributed by atoms with Gasteiger partial charge in [-0.3, -0.25) is 0 Å². The van der Waals surface area contributed by atoms with Crippen LogP contribution in [0.1, 0.15) is 26.7 Å². The molecule has 2 rings (SSSR count). The van der Waals surface area contributed by atoms with E-state index in [0.717, 1.165) is 6.54 Å². The number of carbonyl (C=O) groups is 1. The van der Waals surface area contributed by atoms with Gasteiger partial charge in [0.25, 0.3) is 0 Å². The first-order chi connectivity index (χ1) is 13.8. The van der Waals surface area contributed by atoms with Gasteiger partial charge in [-0.2, -0.15) is 0 Å². The number of sulfone groups is 1. The van der Waals surface area contributed by atoms with Crippen molar-refractivity contribution in [1.82, 2.24) is 15.1 Å². The molecule has 1 aliphatic heterocycles. The van der Waals surface area contributed by atoms with Crippen LogP contribution in [0.2, 0.25) is 0 Å². The number of urea groups is 1. The molecule has 1 unspecified atom stereocenters. The Morgan fingerprint density at radius 1 is 1.23 bits per heavy atom. The van der Waals surface area contributed by atoms with Gasteiger partial charge in [-0.25, -0.2) is 13.2 Å². The van der Waals surface area contributed by atoms with E-state index < -0.39 is 15.1 Å². The van der Waals surface area contributed by atoms with Gasteiger partial charge in [-0.15, -0.1) is 12.4 Å². The Labute approximate surface area is 186 Å². The highest BCUT2D eigenvalue weighted by Crippen LogP contribution is 2.33. The van der Waals surface area contributed by atoms with Gasteiger partial charge < -0.3 is 24.6 Å². The number of hydrogen-bond donors (Lipinski definition) is 1. The van der Waals surface area contributed by atoms with Crippen molar-refractivity contribution in [2.24, 2.45) is 0 Å². The number of hydrogen-bond acceptors (Lipinski definition) is 6. The maximum Gasteiger partial charge on any atom is 0.317 e. The Hall–Kier alpha value is -1.71. The monoisotopic (exact) mass is 463 g/mol. The maximum absolute atomic E-state index is 13.3. The number of nitrogens with one attached hydrogen (secondary N) is 1. The topological polar surface area (TPSA) is 88.2 Å². The van der Waals surface area contributed by atoms with Crippen molar-refractivity contribution in [3.8, 4) is 11.5 Å². The summed E-state index contributed by atoms with van der Waals surface area (Å²) in [6.07, 6.45) is 1.16. The van der Waals surface area contributed by atoms with Crippen LogP contribution in [0.3, 0.4) is 0 Å². The Morgan fingerprint density at radius 2 is 1.93 bits per heavy atom. The molecule has 1 fully saturated rings. The number of benzene rings is 1. The van der Waals surface area contributed by atoms with Gasteiger partial charge in [0, 0.05) is 32.2 Å². The minimum Gasteiger partial charge on any atom is -0.494 e. The number of rotatable bonds is 9. The van der Waals surface area contributed by atoms with Gasteiger partial charge in [0.15, 0.2) is 9.84 Å². The molecule has 172 valence electrons. The molecule has 8 nitrogen and oxygen atoms in total. The largest absolute Gasteiger partial charge is 0.494 e. The van der Waals surface area contributed by atoms with E-state index in [9.17, 15) is 13.2 Å². The molecule has 0 radical (unpaired) electrons. The SMILES string of the molecule is CCOc1ccc(S(=O)(=O)C2CCCN(C(=O)NCCN(C)C)C2)c(OCC)c1.Cl. The lowest BCUT2D eigenvalue weighted by Crippen LogP contribution is -2.50. The summed E-state index contributed by atoms with van der Waals surface area (Å²) in [6.45, 7) is 6.49. The van der Waals surface area contributed by atoms with Gasteiger partial charge in [0.2, 0.25) is 0 Å². The van der Waals surface area contributed by atoms with Crippen molar-refractivity contribution in [1.29, 1.82) is 0 Å². The van der Waals surface area contributed by atoms with Crippen molar-refractivity contribution < 1.29 is 22.7 Å². The molecule has 1 aliphatic rings. The van der Waals surface area contributed by atoms with E-state index in [1.807, 2.05) is 32.8 Å². The molecule has 0 saturated carbocycles. The molecule has 0 bridgehead atoms. The summed E-state index contributed by atoms with van der Waals surface area (Å²) >= 11 is 0. The summed E-state index contributed by atoms with van der Waals surface area (Å²) in [7, 11) is 0.209. The summed E-state index contributed by atoms with van der Waals surface area (Å²) in [5.41, 5.74) is 0. The van der Waals surface area contributed by atoms with Crippen LogP contribution in [-0.4, -0.2) is 83.0 Å². The summed E-state index contributed by atoms with van der Waals surface area (Å²) in [5.74, 6) is 0.867. The number of piperidine rings is 1. The van der Waals surface area contributed by atoms with Crippen LogP contribution in [0.5, 0.6) is 11.5 Å². The van der Waals surface area contributed by atoms with E-state index in [2.05, 4.69) is 5.32 Å². The van der Waals surface area contributed by atoms with E-state index in [0.29, 0.717) is 50.6 Å². The molecule has 10 heteroatoms. The highest BCUT2D eigenvalue weighted by molar-refractivity contribution is 7.92. The Morgan fingerprint density at radius 3 is 2.57 bits per heavy atom. The first kappa shape index (κ1) is 26.3. The summed E-state index contributed by atoms with van der Waals surface area (Å²) < 4.78 is 37.7. The number of halogens is 1. The summed E-state index contributed by atoms with van der Waals surface area (Å²) in [5, 5.41) is 2.20. The Bertz CT molecular complexity index is 789. The second kappa shape index (κ2) is 12.2. The van der Waals surface area contributed by atoms with Crippen LogP contribution < -0.4 is 14.8 Å². The van der Waals surface area contributed by atoms with Crippen LogP contribution in [-0.2, 0) is 9.84 Å². The zero-order valence-electron chi connectivity index (χ0n) is 18.2. The summed E-state index contributed by atoms with van der Waals surface area (Å²) in [6, 6.07) is 4.59. The van der Waals surface area contributed by atoms with E-state index in [4.69, 9.17) is 9.47 Å². The molecular formula is C20H34ClN3O5S.